The molecular weight excluding hydrogens is 164 g/mol. The van der Waals surface area contributed by atoms with E-state index in [2.05, 4.69) is 10.6 Å². The molecule has 2 N–H and O–H groups in total. The van der Waals surface area contributed by atoms with Crippen molar-refractivity contribution in [3.05, 3.63) is 12.2 Å². The third-order valence-corrected chi connectivity index (χ3v) is 2.27. The molecule has 1 aliphatic rings. The van der Waals surface area contributed by atoms with Crippen LogP contribution in [-0.2, 0) is 4.79 Å². The van der Waals surface area contributed by atoms with Gasteiger partial charge in [0.25, 0.3) is 0 Å². The first-order valence-corrected chi connectivity index (χ1v) is 4.97. The van der Waals surface area contributed by atoms with E-state index in [1.807, 2.05) is 6.92 Å². The highest BCUT2D eigenvalue weighted by atomic mass is 16.1. The predicted octanol–water partition coefficient (Wildman–Crippen LogP) is 0.821. The lowest BCUT2D eigenvalue weighted by Crippen LogP contribution is -2.29. The van der Waals surface area contributed by atoms with Crippen LogP contribution in [0.3, 0.4) is 0 Å². The van der Waals surface area contributed by atoms with Gasteiger partial charge < -0.3 is 10.6 Å². The van der Waals surface area contributed by atoms with Crippen molar-refractivity contribution < 1.29 is 4.79 Å². The van der Waals surface area contributed by atoms with Crippen LogP contribution in [0.25, 0.3) is 0 Å². The van der Waals surface area contributed by atoms with Crippen molar-refractivity contribution in [2.75, 3.05) is 13.1 Å². The minimum absolute atomic E-state index is 0.0143. The van der Waals surface area contributed by atoms with Gasteiger partial charge in [-0.3, -0.25) is 4.79 Å². The van der Waals surface area contributed by atoms with Crippen LogP contribution >= 0.6 is 0 Å². The van der Waals surface area contributed by atoms with Crippen LogP contribution in [0.15, 0.2) is 12.2 Å². The number of hydrogen-bond acceptors (Lipinski definition) is 2. The van der Waals surface area contributed by atoms with E-state index in [9.17, 15) is 4.79 Å². The smallest absolute Gasteiger partial charge is 0.243 e. The summed E-state index contributed by atoms with van der Waals surface area (Å²) in [6, 6.07) is 0.617. The van der Waals surface area contributed by atoms with Crippen molar-refractivity contribution in [1.29, 1.82) is 0 Å². The van der Waals surface area contributed by atoms with Crippen LogP contribution in [-0.4, -0.2) is 25.0 Å². The van der Waals surface area contributed by atoms with Crippen molar-refractivity contribution >= 4 is 5.91 Å². The van der Waals surface area contributed by atoms with Gasteiger partial charge in [0.2, 0.25) is 5.91 Å². The lowest BCUT2D eigenvalue weighted by atomic mass is 10.1. The largest absolute Gasteiger partial charge is 0.353 e. The van der Waals surface area contributed by atoms with Gasteiger partial charge in [0, 0.05) is 12.6 Å². The second-order valence-corrected chi connectivity index (χ2v) is 3.37. The van der Waals surface area contributed by atoms with Crippen LogP contribution in [0.1, 0.15) is 26.2 Å². The van der Waals surface area contributed by atoms with E-state index in [0.29, 0.717) is 6.04 Å². The van der Waals surface area contributed by atoms with Gasteiger partial charge >= 0.3 is 0 Å². The molecule has 1 fully saturated rings. The zero-order valence-electron chi connectivity index (χ0n) is 8.18. The Kier molecular flexibility index (Phi) is 4.54. The number of hydrogen-bond donors (Lipinski definition) is 2. The lowest BCUT2D eigenvalue weighted by molar-refractivity contribution is -0.116. The first-order chi connectivity index (χ1) is 6.33. The predicted molar refractivity (Wildman–Crippen MR) is 53.5 cm³/mol. The van der Waals surface area contributed by atoms with Crippen molar-refractivity contribution in [3.63, 3.8) is 0 Å². The van der Waals surface area contributed by atoms with Crippen molar-refractivity contribution in [2.45, 2.75) is 32.2 Å². The average Bonchev–Trinajstić information content (AvgIpc) is 2.57. The summed E-state index contributed by atoms with van der Waals surface area (Å²) in [7, 11) is 0. The molecule has 13 heavy (non-hydrogen) atoms. The van der Waals surface area contributed by atoms with Gasteiger partial charge in [-0.1, -0.05) is 6.08 Å². The molecule has 0 aliphatic carbocycles. The Hall–Kier alpha value is -0.830. The summed E-state index contributed by atoms with van der Waals surface area (Å²) in [5, 5.41) is 6.24. The van der Waals surface area contributed by atoms with Crippen molar-refractivity contribution in [1.82, 2.24) is 10.6 Å². The topological polar surface area (TPSA) is 41.1 Å². The maximum absolute atomic E-state index is 11.0. The fraction of sp³-hybridized carbons (Fsp3) is 0.700. The number of amides is 1. The SMILES string of the molecule is C/C=C/C(=O)NCC[C@H]1CCCN1. The molecule has 0 saturated carbocycles. The van der Waals surface area contributed by atoms with Gasteiger partial charge in [-0.15, -0.1) is 0 Å². The molecule has 0 bridgehead atoms. The van der Waals surface area contributed by atoms with Crippen LogP contribution in [0.5, 0.6) is 0 Å². The van der Waals surface area contributed by atoms with E-state index in [1.54, 1.807) is 12.2 Å². The highest BCUT2D eigenvalue weighted by Crippen LogP contribution is 2.07. The molecule has 1 rings (SSSR count). The first kappa shape index (κ1) is 10.3. The summed E-state index contributed by atoms with van der Waals surface area (Å²) in [6.07, 6.45) is 6.88. The zero-order valence-corrected chi connectivity index (χ0v) is 8.18. The second kappa shape index (κ2) is 5.75. The number of carbonyl (C=O) groups excluding carboxylic acids is 1. The summed E-state index contributed by atoms with van der Waals surface area (Å²) < 4.78 is 0. The summed E-state index contributed by atoms with van der Waals surface area (Å²) in [5.74, 6) is 0.0143. The monoisotopic (exact) mass is 182 g/mol. The summed E-state index contributed by atoms with van der Waals surface area (Å²) in [5.41, 5.74) is 0. The van der Waals surface area contributed by atoms with E-state index in [0.717, 1.165) is 19.5 Å². The highest BCUT2D eigenvalue weighted by Gasteiger charge is 2.12. The molecule has 3 nitrogen and oxygen atoms in total. The fourth-order valence-corrected chi connectivity index (χ4v) is 1.58. The molecule has 1 saturated heterocycles. The maximum Gasteiger partial charge on any atom is 0.243 e. The Morgan fingerprint density at radius 1 is 1.69 bits per heavy atom. The van der Waals surface area contributed by atoms with Crippen LogP contribution in [0.2, 0.25) is 0 Å². The Morgan fingerprint density at radius 3 is 3.15 bits per heavy atom. The average molecular weight is 182 g/mol. The van der Waals surface area contributed by atoms with E-state index >= 15 is 0 Å². The van der Waals surface area contributed by atoms with Crippen LogP contribution < -0.4 is 10.6 Å². The highest BCUT2D eigenvalue weighted by molar-refractivity contribution is 5.87. The molecule has 1 heterocycles. The molecule has 0 spiro atoms. The third kappa shape index (κ3) is 4.08. The fourth-order valence-electron chi connectivity index (χ4n) is 1.58. The number of allylic oxidation sites excluding steroid dienone is 1. The standard InChI is InChI=1S/C10H18N2O/c1-2-4-10(13)12-8-6-9-5-3-7-11-9/h2,4,9,11H,3,5-8H2,1H3,(H,12,13)/b4-2+/t9-/m1/s1. The molecule has 1 aliphatic heterocycles. The summed E-state index contributed by atoms with van der Waals surface area (Å²) in [4.78, 5) is 11.0. The van der Waals surface area contributed by atoms with Gasteiger partial charge in [0.15, 0.2) is 0 Å². The molecular formula is C10H18N2O. The van der Waals surface area contributed by atoms with E-state index < -0.39 is 0 Å². The number of rotatable bonds is 4. The second-order valence-electron chi connectivity index (χ2n) is 3.37. The van der Waals surface area contributed by atoms with Crippen molar-refractivity contribution in [2.24, 2.45) is 0 Å². The molecule has 74 valence electrons. The van der Waals surface area contributed by atoms with Crippen LogP contribution in [0.4, 0.5) is 0 Å². The summed E-state index contributed by atoms with van der Waals surface area (Å²) >= 11 is 0. The normalized spacial score (nSPS) is 22.4. The molecule has 1 amide bonds. The summed E-state index contributed by atoms with van der Waals surface area (Å²) in [6.45, 7) is 3.76. The minimum atomic E-state index is 0.0143. The quantitative estimate of drug-likeness (QED) is 0.632. The number of nitrogens with one attached hydrogen (secondary N) is 2. The molecule has 0 aromatic heterocycles. The third-order valence-electron chi connectivity index (χ3n) is 2.27. The van der Waals surface area contributed by atoms with Gasteiger partial charge in [0.1, 0.15) is 0 Å². The Labute approximate surface area is 79.6 Å². The molecule has 1 atom stereocenters. The Bertz CT molecular complexity index is 183. The Morgan fingerprint density at radius 2 is 2.54 bits per heavy atom. The van der Waals surface area contributed by atoms with E-state index in [1.165, 1.54) is 12.8 Å². The van der Waals surface area contributed by atoms with Crippen molar-refractivity contribution in [3.8, 4) is 0 Å². The van der Waals surface area contributed by atoms with Gasteiger partial charge in [-0.05, 0) is 38.8 Å². The van der Waals surface area contributed by atoms with E-state index in [-0.39, 0.29) is 5.91 Å². The Balaban J connectivity index is 2.02. The zero-order chi connectivity index (χ0) is 9.52. The van der Waals surface area contributed by atoms with Gasteiger partial charge in [-0.25, -0.2) is 0 Å². The van der Waals surface area contributed by atoms with Gasteiger partial charge in [-0.2, -0.15) is 0 Å². The van der Waals surface area contributed by atoms with Crippen LogP contribution in [0, 0.1) is 0 Å². The number of carbonyl (C=O) groups is 1. The molecule has 0 aromatic rings. The molecule has 0 unspecified atom stereocenters. The lowest BCUT2D eigenvalue weighted by Gasteiger charge is -2.09. The maximum atomic E-state index is 11.0. The minimum Gasteiger partial charge on any atom is -0.353 e. The first-order valence-electron chi connectivity index (χ1n) is 4.97. The molecule has 0 radical (unpaired) electrons. The molecule has 3 heteroatoms. The van der Waals surface area contributed by atoms with Gasteiger partial charge in [0.05, 0.1) is 0 Å². The molecule has 0 aromatic carbocycles. The van der Waals surface area contributed by atoms with E-state index in [4.69, 9.17) is 0 Å².